The zero-order chi connectivity index (χ0) is 13.3. The van der Waals surface area contributed by atoms with Crippen LogP contribution in [0.5, 0.6) is 5.75 Å². The fourth-order valence-electron chi connectivity index (χ4n) is 1.79. The molecular weight excluding hydrogens is 238 g/mol. The van der Waals surface area contributed by atoms with Crippen molar-refractivity contribution in [3.8, 4) is 5.75 Å². The van der Waals surface area contributed by atoms with E-state index in [2.05, 4.69) is 5.32 Å². The van der Waals surface area contributed by atoms with Crippen molar-refractivity contribution in [1.29, 1.82) is 0 Å². The summed E-state index contributed by atoms with van der Waals surface area (Å²) in [6.07, 6.45) is -0.474. The SMILES string of the molecule is O[C@H](CNCCOc1ccccc1)c1ccccc1. The van der Waals surface area contributed by atoms with Crippen LogP contribution in [0.25, 0.3) is 0 Å². The second-order valence-corrected chi connectivity index (χ2v) is 4.29. The van der Waals surface area contributed by atoms with Gasteiger partial charge in [0, 0.05) is 13.1 Å². The van der Waals surface area contributed by atoms with Gasteiger partial charge >= 0.3 is 0 Å². The van der Waals surface area contributed by atoms with E-state index in [1.807, 2.05) is 60.7 Å². The molecule has 3 heteroatoms. The quantitative estimate of drug-likeness (QED) is 0.748. The largest absolute Gasteiger partial charge is 0.492 e. The fourth-order valence-corrected chi connectivity index (χ4v) is 1.79. The highest BCUT2D eigenvalue weighted by Crippen LogP contribution is 2.10. The molecule has 0 amide bonds. The minimum Gasteiger partial charge on any atom is -0.492 e. The van der Waals surface area contributed by atoms with Gasteiger partial charge in [-0.3, -0.25) is 0 Å². The Morgan fingerprint density at radius 1 is 0.947 bits per heavy atom. The molecule has 0 heterocycles. The molecule has 2 rings (SSSR count). The lowest BCUT2D eigenvalue weighted by atomic mass is 10.1. The highest BCUT2D eigenvalue weighted by atomic mass is 16.5. The molecule has 0 bridgehead atoms. The van der Waals surface area contributed by atoms with Crippen molar-refractivity contribution in [2.75, 3.05) is 19.7 Å². The summed E-state index contributed by atoms with van der Waals surface area (Å²) in [5.41, 5.74) is 0.930. The van der Waals surface area contributed by atoms with Crippen molar-refractivity contribution >= 4 is 0 Å². The third-order valence-electron chi connectivity index (χ3n) is 2.81. The number of hydrogen-bond acceptors (Lipinski definition) is 3. The topological polar surface area (TPSA) is 41.5 Å². The molecule has 1 atom stereocenters. The van der Waals surface area contributed by atoms with Crippen LogP contribution >= 0.6 is 0 Å². The van der Waals surface area contributed by atoms with Crippen molar-refractivity contribution in [2.24, 2.45) is 0 Å². The number of benzene rings is 2. The van der Waals surface area contributed by atoms with Crippen LogP contribution in [-0.4, -0.2) is 24.8 Å². The summed E-state index contributed by atoms with van der Waals surface area (Å²) in [5, 5.41) is 13.1. The van der Waals surface area contributed by atoms with Crippen molar-refractivity contribution in [3.05, 3.63) is 66.2 Å². The van der Waals surface area contributed by atoms with E-state index in [1.165, 1.54) is 0 Å². The van der Waals surface area contributed by atoms with E-state index >= 15 is 0 Å². The second kappa shape index (κ2) is 7.56. The third kappa shape index (κ3) is 4.73. The Kier molecular flexibility index (Phi) is 5.41. The molecular formula is C16H19NO2. The first-order valence-electron chi connectivity index (χ1n) is 6.48. The Hall–Kier alpha value is -1.84. The monoisotopic (exact) mass is 257 g/mol. The molecule has 0 aliphatic rings. The average molecular weight is 257 g/mol. The maximum absolute atomic E-state index is 9.93. The molecule has 2 N–H and O–H groups in total. The van der Waals surface area contributed by atoms with Crippen LogP contribution in [-0.2, 0) is 0 Å². The standard InChI is InChI=1S/C16H19NO2/c18-16(14-7-3-1-4-8-14)13-17-11-12-19-15-9-5-2-6-10-15/h1-10,16-18H,11-13H2/t16-/m1/s1. The molecule has 100 valence electrons. The van der Waals surface area contributed by atoms with E-state index in [9.17, 15) is 5.11 Å². The third-order valence-corrected chi connectivity index (χ3v) is 2.81. The predicted octanol–water partition coefficient (Wildman–Crippen LogP) is 2.39. The average Bonchev–Trinajstić information content (AvgIpc) is 2.49. The summed E-state index contributed by atoms with van der Waals surface area (Å²) in [6, 6.07) is 19.4. The van der Waals surface area contributed by atoms with Crippen molar-refractivity contribution in [1.82, 2.24) is 5.32 Å². The maximum atomic E-state index is 9.93. The van der Waals surface area contributed by atoms with Gasteiger partial charge in [0.1, 0.15) is 12.4 Å². The first-order valence-corrected chi connectivity index (χ1v) is 6.48. The number of hydrogen-bond donors (Lipinski definition) is 2. The van der Waals surface area contributed by atoms with Crippen LogP contribution in [0.1, 0.15) is 11.7 Å². The van der Waals surface area contributed by atoms with Crippen LogP contribution in [0.3, 0.4) is 0 Å². The van der Waals surface area contributed by atoms with Gasteiger partial charge in [0.2, 0.25) is 0 Å². The second-order valence-electron chi connectivity index (χ2n) is 4.29. The summed E-state index contributed by atoms with van der Waals surface area (Å²) < 4.78 is 5.55. The normalized spacial score (nSPS) is 12.1. The summed E-state index contributed by atoms with van der Waals surface area (Å²) in [5.74, 6) is 0.868. The van der Waals surface area contributed by atoms with Crippen LogP contribution in [0.15, 0.2) is 60.7 Å². The highest BCUT2D eigenvalue weighted by molar-refractivity contribution is 5.20. The Morgan fingerprint density at radius 3 is 2.26 bits per heavy atom. The molecule has 0 spiro atoms. The summed E-state index contributed by atoms with van der Waals surface area (Å²) >= 11 is 0. The minimum atomic E-state index is -0.474. The van der Waals surface area contributed by atoms with Gasteiger partial charge < -0.3 is 15.2 Å². The van der Waals surface area contributed by atoms with Crippen LogP contribution in [0.4, 0.5) is 0 Å². The Morgan fingerprint density at radius 2 is 1.58 bits per heavy atom. The van der Waals surface area contributed by atoms with Gasteiger partial charge in [0.15, 0.2) is 0 Å². The Labute approximate surface area is 113 Å². The number of ether oxygens (including phenoxy) is 1. The summed E-state index contributed by atoms with van der Waals surface area (Å²) in [6.45, 7) is 1.83. The lowest BCUT2D eigenvalue weighted by Gasteiger charge is -2.12. The van der Waals surface area contributed by atoms with Crippen molar-refractivity contribution in [2.45, 2.75) is 6.10 Å². The fraction of sp³-hybridized carbons (Fsp3) is 0.250. The molecule has 2 aromatic carbocycles. The zero-order valence-corrected chi connectivity index (χ0v) is 10.8. The van der Waals surface area contributed by atoms with Gasteiger partial charge in [0.05, 0.1) is 6.10 Å². The van der Waals surface area contributed by atoms with E-state index in [-0.39, 0.29) is 0 Å². The Balaban J connectivity index is 1.62. The van der Waals surface area contributed by atoms with Gasteiger partial charge in [-0.2, -0.15) is 0 Å². The van der Waals surface area contributed by atoms with Crippen LogP contribution < -0.4 is 10.1 Å². The first kappa shape index (κ1) is 13.6. The molecule has 0 aromatic heterocycles. The van der Waals surface area contributed by atoms with Gasteiger partial charge in [-0.1, -0.05) is 48.5 Å². The number of rotatable bonds is 7. The van der Waals surface area contributed by atoms with E-state index in [0.717, 1.165) is 11.3 Å². The first-order chi connectivity index (χ1) is 9.36. The van der Waals surface area contributed by atoms with Crippen molar-refractivity contribution < 1.29 is 9.84 Å². The molecule has 2 aromatic rings. The number of aliphatic hydroxyl groups excluding tert-OH is 1. The molecule has 0 unspecified atom stereocenters. The lowest BCUT2D eigenvalue weighted by Crippen LogP contribution is -2.26. The van der Waals surface area contributed by atoms with Crippen molar-refractivity contribution in [3.63, 3.8) is 0 Å². The molecule has 0 aliphatic heterocycles. The lowest BCUT2D eigenvalue weighted by molar-refractivity contribution is 0.172. The Bertz CT molecular complexity index is 459. The summed E-state index contributed by atoms with van der Waals surface area (Å²) in [4.78, 5) is 0. The summed E-state index contributed by atoms with van der Waals surface area (Å²) in [7, 11) is 0. The predicted molar refractivity (Wildman–Crippen MR) is 76.2 cm³/mol. The van der Waals surface area contributed by atoms with E-state index in [4.69, 9.17) is 4.74 Å². The van der Waals surface area contributed by atoms with Gasteiger partial charge in [-0.05, 0) is 17.7 Å². The molecule has 0 saturated carbocycles. The van der Waals surface area contributed by atoms with Gasteiger partial charge in [-0.25, -0.2) is 0 Å². The molecule has 3 nitrogen and oxygen atoms in total. The number of nitrogens with one attached hydrogen (secondary N) is 1. The van der Waals surface area contributed by atoms with Gasteiger partial charge in [0.25, 0.3) is 0 Å². The van der Waals surface area contributed by atoms with E-state index in [1.54, 1.807) is 0 Å². The number of aliphatic hydroxyl groups is 1. The molecule has 0 radical (unpaired) electrons. The molecule has 0 fully saturated rings. The molecule has 19 heavy (non-hydrogen) atoms. The van der Waals surface area contributed by atoms with Crippen LogP contribution in [0.2, 0.25) is 0 Å². The van der Waals surface area contributed by atoms with Crippen LogP contribution in [0, 0.1) is 0 Å². The molecule has 0 aliphatic carbocycles. The highest BCUT2D eigenvalue weighted by Gasteiger charge is 2.05. The van der Waals surface area contributed by atoms with Gasteiger partial charge in [-0.15, -0.1) is 0 Å². The smallest absolute Gasteiger partial charge is 0.119 e. The molecule has 0 saturated heterocycles. The zero-order valence-electron chi connectivity index (χ0n) is 10.8. The van der Waals surface area contributed by atoms with E-state index in [0.29, 0.717) is 19.7 Å². The number of para-hydroxylation sites is 1. The minimum absolute atomic E-state index is 0.474. The maximum Gasteiger partial charge on any atom is 0.119 e. The van der Waals surface area contributed by atoms with E-state index < -0.39 is 6.10 Å².